The van der Waals surface area contributed by atoms with Crippen LogP contribution in [0, 0.1) is 5.41 Å². The van der Waals surface area contributed by atoms with Crippen molar-refractivity contribution in [2.24, 2.45) is 5.41 Å². The third-order valence-electron chi connectivity index (χ3n) is 4.97. The molecule has 0 spiro atoms. The Morgan fingerprint density at radius 3 is 2.75 bits per heavy atom. The number of hydrogen-bond acceptors (Lipinski definition) is 3. The van der Waals surface area contributed by atoms with Gasteiger partial charge in [-0.15, -0.1) is 0 Å². The lowest BCUT2D eigenvalue weighted by molar-refractivity contribution is 0.140. The molecular formula is C17H28N2O. The molecule has 2 fully saturated rings. The minimum absolute atomic E-state index is 0.505. The zero-order valence-corrected chi connectivity index (χ0v) is 12.7. The average molecular weight is 276 g/mol. The lowest BCUT2D eigenvalue weighted by Gasteiger charge is -2.35. The van der Waals surface area contributed by atoms with Crippen molar-refractivity contribution in [2.45, 2.75) is 58.0 Å². The monoisotopic (exact) mass is 276 g/mol. The van der Waals surface area contributed by atoms with E-state index in [0.29, 0.717) is 5.41 Å². The summed E-state index contributed by atoms with van der Waals surface area (Å²) in [7, 11) is 0. The number of rotatable bonds is 8. The average Bonchev–Trinajstić information content (AvgIpc) is 2.96. The van der Waals surface area contributed by atoms with Crippen molar-refractivity contribution in [1.82, 2.24) is 10.2 Å². The molecule has 1 aromatic rings. The zero-order valence-electron chi connectivity index (χ0n) is 12.7. The highest BCUT2D eigenvalue weighted by Gasteiger charge is 2.36. The van der Waals surface area contributed by atoms with E-state index in [0.717, 1.165) is 24.9 Å². The maximum atomic E-state index is 5.51. The molecule has 0 bridgehead atoms. The van der Waals surface area contributed by atoms with E-state index in [-0.39, 0.29) is 0 Å². The molecule has 0 amide bonds. The van der Waals surface area contributed by atoms with Crippen molar-refractivity contribution in [3.8, 4) is 0 Å². The van der Waals surface area contributed by atoms with Crippen LogP contribution in [0.3, 0.4) is 0 Å². The lowest BCUT2D eigenvalue weighted by Crippen LogP contribution is -2.43. The molecular weight excluding hydrogens is 248 g/mol. The molecule has 1 N–H and O–H groups in total. The molecule has 0 aromatic carbocycles. The van der Waals surface area contributed by atoms with Gasteiger partial charge in [-0.1, -0.05) is 19.8 Å². The number of hydrogen-bond donors (Lipinski definition) is 1. The molecule has 0 saturated heterocycles. The Kier molecular flexibility index (Phi) is 4.47. The summed E-state index contributed by atoms with van der Waals surface area (Å²) in [5.41, 5.74) is 0.505. The normalized spacial score (nSPS) is 21.7. The highest BCUT2D eigenvalue weighted by atomic mass is 16.3. The van der Waals surface area contributed by atoms with Gasteiger partial charge in [0.15, 0.2) is 0 Å². The first-order chi connectivity index (χ1) is 9.80. The van der Waals surface area contributed by atoms with Crippen molar-refractivity contribution in [1.29, 1.82) is 0 Å². The minimum Gasteiger partial charge on any atom is -0.468 e. The van der Waals surface area contributed by atoms with E-state index in [1.807, 2.05) is 6.07 Å². The highest BCUT2D eigenvalue weighted by Crippen LogP contribution is 2.39. The van der Waals surface area contributed by atoms with Crippen LogP contribution in [-0.4, -0.2) is 30.6 Å². The van der Waals surface area contributed by atoms with Crippen LogP contribution in [0.2, 0.25) is 0 Å². The third-order valence-corrected chi connectivity index (χ3v) is 4.97. The van der Waals surface area contributed by atoms with E-state index in [4.69, 9.17) is 4.42 Å². The molecule has 1 heterocycles. The first kappa shape index (κ1) is 14.2. The summed E-state index contributed by atoms with van der Waals surface area (Å²) in [6.07, 6.45) is 10.2. The van der Waals surface area contributed by atoms with Gasteiger partial charge in [0.25, 0.3) is 0 Å². The minimum atomic E-state index is 0.505. The fourth-order valence-corrected chi connectivity index (χ4v) is 3.54. The summed E-state index contributed by atoms with van der Waals surface area (Å²) in [5.74, 6) is 1.09. The molecule has 0 unspecified atom stereocenters. The molecule has 112 valence electrons. The molecule has 3 rings (SSSR count). The SMILES string of the molecule is CCN(Cc1ccco1)CC1(CNC2CC2)CCCC1. The molecule has 3 heteroatoms. The van der Waals surface area contributed by atoms with Gasteiger partial charge in [-0.25, -0.2) is 0 Å². The number of furan rings is 1. The Balaban J connectivity index is 1.58. The molecule has 0 aliphatic heterocycles. The maximum Gasteiger partial charge on any atom is 0.117 e. The molecule has 1 aromatic heterocycles. The standard InChI is InChI=1S/C17H28N2O/c1-2-19(12-16-6-5-11-20-16)14-17(9-3-4-10-17)13-18-15-7-8-15/h5-6,11,15,18H,2-4,7-10,12-14H2,1H3. The molecule has 0 atom stereocenters. The van der Waals surface area contributed by atoms with E-state index in [1.54, 1.807) is 6.26 Å². The highest BCUT2D eigenvalue weighted by molar-refractivity contribution is 4.99. The van der Waals surface area contributed by atoms with E-state index < -0.39 is 0 Å². The van der Waals surface area contributed by atoms with E-state index >= 15 is 0 Å². The third kappa shape index (κ3) is 3.64. The van der Waals surface area contributed by atoms with Crippen molar-refractivity contribution < 1.29 is 4.42 Å². The predicted molar refractivity (Wildman–Crippen MR) is 81.6 cm³/mol. The van der Waals surface area contributed by atoms with Crippen molar-refractivity contribution in [2.75, 3.05) is 19.6 Å². The fourth-order valence-electron chi connectivity index (χ4n) is 3.54. The van der Waals surface area contributed by atoms with Crippen molar-refractivity contribution in [3.63, 3.8) is 0 Å². The van der Waals surface area contributed by atoms with Gasteiger partial charge >= 0.3 is 0 Å². The second-order valence-corrected chi connectivity index (χ2v) is 6.74. The van der Waals surface area contributed by atoms with Gasteiger partial charge in [0.05, 0.1) is 12.8 Å². The fraction of sp³-hybridized carbons (Fsp3) is 0.765. The van der Waals surface area contributed by atoms with E-state index in [9.17, 15) is 0 Å². The van der Waals surface area contributed by atoms with Crippen molar-refractivity contribution >= 4 is 0 Å². The van der Waals surface area contributed by atoms with Crippen LogP contribution in [0.15, 0.2) is 22.8 Å². The van der Waals surface area contributed by atoms with Gasteiger partial charge in [-0.05, 0) is 49.8 Å². The summed E-state index contributed by atoms with van der Waals surface area (Å²) in [4.78, 5) is 2.55. The Labute approximate surface area is 122 Å². The van der Waals surface area contributed by atoms with Crippen molar-refractivity contribution in [3.05, 3.63) is 24.2 Å². The second-order valence-electron chi connectivity index (χ2n) is 6.74. The molecule has 2 aliphatic carbocycles. The Hall–Kier alpha value is -0.800. The van der Waals surface area contributed by atoms with Gasteiger partial charge in [0.2, 0.25) is 0 Å². The van der Waals surface area contributed by atoms with Crippen LogP contribution in [0.4, 0.5) is 0 Å². The number of nitrogens with one attached hydrogen (secondary N) is 1. The molecule has 3 nitrogen and oxygen atoms in total. The van der Waals surface area contributed by atoms with Gasteiger partial charge in [0.1, 0.15) is 5.76 Å². The van der Waals surface area contributed by atoms with E-state index in [1.165, 1.54) is 51.6 Å². The summed E-state index contributed by atoms with van der Waals surface area (Å²) >= 11 is 0. The van der Waals surface area contributed by atoms with Gasteiger partial charge in [-0.2, -0.15) is 0 Å². The van der Waals surface area contributed by atoms with Crippen LogP contribution in [0.1, 0.15) is 51.2 Å². The summed E-state index contributed by atoms with van der Waals surface area (Å²) in [5, 5.41) is 3.78. The van der Waals surface area contributed by atoms with Crippen LogP contribution >= 0.6 is 0 Å². The van der Waals surface area contributed by atoms with Gasteiger partial charge in [0, 0.05) is 19.1 Å². The second kappa shape index (κ2) is 6.31. The van der Waals surface area contributed by atoms with Crippen LogP contribution in [-0.2, 0) is 6.54 Å². The van der Waals surface area contributed by atoms with E-state index in [2.05, 4.69) is 23.2 Å². The Bertz CT molecular complexity index is 391. The van der Waals surface area contributed by atoms with Gasteiger partial charge in [-0.3, -0.25) is 4.90 Å². The maximum absolute atomic E-state index is 5.51. The molecule has 20 heavy (non-hydrogen) atoms. The molecule has 0 radical (unpaired) electrons. The molecule has 2 saturated carbocycles. The molecule has 2 aliphatic rings. The van der Waals surface area contributed by atoms with Crippen LogP contribution < -0.4 is 5.32 Å². The number of nitrogens with zero attached hydrogens (tertiary/aromatic N) is 1. The quantitative estimate of drug-likeness (QED) is 0.788. The Morgan fingerprint density at radius 2 is 2.15 bits per heavy atom. The summed E-state index contributed by atoms with van der Waals surface area (Å²) in [6.45, 7) is 6.75. The summed E-state index contributed by atoms with van der Waals surface area (Å²) in [6, 6.07) is 4.91. The van der Waals surface area contributed by atoms with Crippen LogP contribution in [0.25, 0.3) is 0 Å². The smallest absolute Gasteiger partial charge is 0.117 e. The largest absolute Gasteiger partial charge is 0.468 e. The zero-order chi connectivity index (χ0) is 13.8. The van der Waals surface area contributed by atoms with Crippen LogP contribution in [0.5, 0.6) is 0 Å². The van der Waals surface area contributed by atoms with Gasteiger partial charge < -0.3 is 9.73 Å². The predicted octanol–water partition coefficient (Wildman–Crippen LogP) is 3.41. The lowest BCUT2D eigenvalue weighted by atomic mass is 9.85. The first-order valence-electron chi connectivity index (χ1n) is 8.28. The Morgan fingerprint density at radius 1 is 1.35 bits per heavy atom. The topological polar surface area (TPSA) is 28.4 Å². The summed E-state index contributed by atoms with van der Waals surface area (Å²) < 4.78 is 5.51. The first-order valence-corrected chi connectivity index (χ1v) is 8.28.